The van der Waals surface area contributed by atoms with Gasteiger partial charge in [-0.1, -0.05) is 17.8 Å². The summed E-state index contributed by atoms with van der Waals surface area (Å²) in [7, 11) is 3.03. The van der Waals surface area contributed by atoms with E-state index in [9.17, 15) is 14.4 Å². The molecule has 0 spiro atoms. The van der Waals surface area contributed by atoms with Crippen LogP contribution in [0.2, 0.25) is 0 Å². The molecule has 228 valence electrons. The summed E-state index contributed by atoms with van der Waals surface area (Å²) >= 11 is 1.08. The molecule has 3 aromatic carbocycles. The number of carbonyl (C=O) groups excluding carboxylic acids is 2. The topological polar surface area (TPSA) is 148 Å². The molecule has 44 heavy (non-hydrogen) atoms. The molecule has 1 aromatic heterocycles. The maximum absolute atomic E-state index is 13.7. The van der Waals surface area contributed by atoms with Crippen LogP contribution >= 0.6 is 11.8 Å². The molecular weight excluding hydrogens is 592 g/mol. The predicted octanol–water partition coefficient (Wildman–Crippen LogP) is 3.31. The summed E-state index contributed by atoms with van der Waals surface area (Å²) in [6, 6.07) is 13.7. The summed E-state index contributed by atoms with van der Waals surface area (Å²) < 4.78 is 33.6. The number of amides is 2. The molecular formula is C30H28N4O9S. The van der Waals surface area contributed by atoms with Crippen LogP contribution in [0.5, 0.6) is 34.5 Å². The third kappa shape index (κ3) is 6.15. The van der Waals surface area contributed by atoms with Crippen LogP contribution in [-0.4, -0.2) is 54.9 Å². The normalized spacial score (nSPS) is 12.7. The molecule has 2 amide bonds. The van der Waals surface area contributed by atoms with Crippen LogP contribution in [0.25, 0.3) is 10.9 Å². The zero-order valence-electron chi connectivity index (χ0n) is 23.8. The lowest BCUT2D eigenvalue weighted by atomic mass is 10.2. The van der Waals surface area contributed by atoms with Crippen LogP contribution in [0.3, 0.4) is 0 Å². The van der Waals surface area contributed by atoms with Crippen molar-refractivity contribution in [2.45, 2.75) is 24.7 Å². The Bertz CT molecular complexity index is 1810. The van der Waals surface area contributed by atoms with Crippen LogP contribution in [-0.2, 0) is 22.7 Å². The highest BCUT2D eigenvalue weighted by Gasteiger charge is 2.21. The lowest BCUT2D eigenvalue weighted by Gasteiger charge is -2.14. The molecule has 0 bridgehead atoms. The van der Waals surface area contributed by atoms with Gasteiger partial charge in [-0.25, -0.2) is 4.98 Å². The number of carbonyl (C=O) groups is 2. The van der Waals surface area contributed by atoms with Crippen LogP contribution in [0.4, 0.5) is 5.69 Å². The van der Waals surface area contributed by atoms with Crippen molar-refractivity contribution in [2.75, 3.05) is 38.9 Å². The van der Waals surface area contributed by atoms with E-state index in [2.05, 4.69) is 15.6 Å². The lowest BCUT2D eigenvalue weighted by Crippen LogP contribution is -2.29. The van der Waals surface area contributed by atoms with Crippen molar-refractivity contribution < 1.29 is 38.0 Å². The standard InChI is InChI=1S/C30H28N4O9S/c1-38-18-4-5-20(23(10-18)39-2)32-28(36)14-44-30-33-21-12-26-25(42-16-43-26)11-19(21)29(37)34(30)8-7-27(35)31-13-17-3-6-22-24(9-17)41-15-40-22/h3-6,9-12H,7-8,13-16H2,1-2H3,(H,31,35)(H,32,36). The maximum Gasteiger partial charge on any atom is 0.262 e. The Morgan fingerprint density at radius 2 is 1.66 bits per heavy atom. The summed E-state index contributed by atoms with van der Waals surface area (Å²) in [5.74, 6) is 2.56. The number of ether oxygens (including phenoxy) is 6. The molecule has 0 atom stereocenters. The first-order chi connectivity index (χ1) is 21.4. The molecule has 6 rings (SSSR count). The van der Waals surface area contributed by atoms with Gasteiger partial charge in [0.15, 0.2) is 28.2 Å². The fourth-order valence-corrected chi connectivity index (χ4v) is 5.49. The highest BCUT2D eigenvalue weighted by Crippen LogP contribution is 2.35. The summed E-state index contributed by atoms with van der Waals surface area (Å²) in [6.45, 7) is 0.527. The number of anilines is 1. The van der Waals surface area contributed by atoms with Crippen molar-refractivity contribution in [1.82, 2.24) is 14.9 Å². The maximum atomic E-state index is 13.7. The van der Waals surface area contributed by atoms with E-state index in [0.717, 1.165) is 17.3 Å². The van der Waals surface area contributed by atoms with Gasteiger partial charge < -0.3 is 39.1 Å². The van der Waals surface area contributed by atoms with Crippen LogP contribution < -0.4 is 44.6 Å². The number of hydrogen-bond donors (Lipinski definition) is 2. The Morgan fingerprint density at radius 1 is 0.909 bits per heavy atom. The van der Waals surface area contributed by atoms with Gasteiger partial charge in [-0.15, -0.1) is 0 Å². The second-order valence-corrected chi connectivity index (χ2v) is 10.6. The van der Waals surface area contributed by atoms with Gasteiger partial charge in [-0.3, -0.25) is 19.0 Å². The molecule has 0 unspecified atom stereocenters. The number of aromatic nitrogens is 2. The van der Waals surface area contributed by atoms with Gasteiger partial charge >= 0.3 is 0 Å². The molecule has 0 radical (unpaired) electrons. The number of hydrogen-bond acceptors (Lipinski definition) is 11. The first kappa shape index (κ1) is 29.0. The third-order valence-corrected chi connectivity index (χ3v) is 7.89. The smallest absolute Gasteiger partial charge is 0.262 e. The molecule has 13 nitrogen and oxygen atoms in total. The minimum atomic E-state index is -0.364. The molecule has 14 heteroatoms. The van der Waals surface area contributed by atoms with Crippen LogP contribution in [0.1, 0.15) is 12.0 Å². The fourth-order valence-electron chi connectivity index (χ4n) is 4.67. The minimum Gasteiger partial charge on any atom is -0.497 e. The number of fused-ring (bicyclic) bond motifs is 3. The quantitative estimate of drug-likeness (QED) is 0.188. The molecule has 2 aliphatic rings. The average molecular weight is 621 g/mol. The SMILES string of the molecule is COc1ccc(NC(=O)CSc2nc3cc4c(cc3c(=O)n2CCC(=O)NCc2ccc3c(c2)OCO3)OCO4)c(OC)c1. The van der Waals surface area contributed by atoms with Gasteiger partial charge in [0.25, 0.3) is 5.56 Å². The number of rotatable bonds is 11. The molecule has 3 heterocycles. The summed E-state index contributed by atoms with van der Waals surface area (Å²) in [6.07, 6.45) is 0.00496. The van der Waals surface area contributed by atoms with E-state index in [0.29, 0.717) is 51.1 Å². The Morgan fingerprint density at radius 3 is 2.43 bits per heavy atom. The number of benzene rings is 3. The van der Waals surface area contributed by atoms with Gasteiger partial charge in [0.2, 0.25) is 25.4 Å². The number of methoxy groups -OCH3 is 2. The van der Waals surface area contributed by atoms with E-state index in [1.54, 1.807) is 36.4 Å². The van der Waals surface area contributed by atoms with Crippen molar-refractivity contribution in [2.24, 2.45) is 0 Å². The largest absolute Gasteiger partial charge is 0.497 e. The number of thioether (sulfide) groups is 1. The van der Waals surface area contributed by atoms with Gasteiger partial charge in [0.1, 0.15) is 11.5 Å². The zero-order chi connectivity index (χ0) is 30.6. The van der Waals surface area contributed by atoms with Gasteiger partial charge in [0, 0.05) is 31.6 Å². The van der Waals surface area contributed by atoms with Crippen molar-refractivity contribution in [3.05, 3.63) is 64.4 Å². The predicted molar refractivity (Wildman–Crippen MR) is 160 cm³/mol. The molecule has 2 aliphatic heterocycles. The minimum absolute atomic E-state index is 0.00496. The van der Waals surface area contributed by atoms with E-state index in [-0.39, 0.29) is 61.4 Å². The monoisotopic (exact) mass is 620 g/mol. The van der Waals surface area contributed by atoms with Gasteiger partial charge in [-0.2, -0.15) is 0 Å². The first-order valence-corrected chi connectivity index (χ1v) is 14.5. The first-order valence-electron chi connectivity index (χ1n) is 13.6. The lowest BCUT2D eigenvalue weighted by molar-refractivity contribution is -0.121. The van der Waals surface area contributed by atoms with E-state index in [4.69, 9.17) is 28.4 Å². The summed E-state index contributed by atoms with van der Waals surface area (Å²) in [5, 5.41) is 6.27. The third-order valence-electron chi connectivity index (χ3n) is 6.92. The van der Waals surface area contributed by atoms with Crippen LogP contribution in [0, 0.1) is 0 Å². The molecule has 0 aliphatic carbocycles. The van der Waals surface area contributed by atoms with E-state index >= 15 is 0 Å². The molecule has 2 N–H and O–H groups in total. The van der Waals surface area contributed by atoms with Crippen molar-refractivity contribution >= 4 is 40.2 Å². The highest BCUT2D eigenvalue weighted by atomic mass is 32.2. The van der Waals surface area contributed by atoms with Crippen molar-refractivity contribution in [3.63, 3.8) is 0 Å². The summed E-state index contributed by atoms with van der Waals surface area (Å²) in [4.78, 5) is 44.1. The van der Waals surface area contributed by atoms with Crippen molar-refractivity contribution in [1.29, 1.82) is 0 Å². The molecule has 0 fully saturated rings. The fraction of sp³-hybridized carbons (Fsp3) is 0.267. The van der Waals surface area contributed by atoms with Crippen LogP contribution in [0.15, 0.2) is 58.5 Å². The Labute approximate surface area is 255 Å². The molecule has 0 saturated carbocycles. The van der Waals surface area contributed by atoms with E-state index in [1.807, 2.05) is 12.1 Å². The number of nitrogens with one attached hydrogen (secondary N) is 2. The Kier molecular flexibility index (Phi) is 8.32. The Hall–Kier alpha value is -5.11. The van der Waals surface area contributed by atoms with Gasteiger partial charge in [-0.05, 0) is 35.9 Å². The molecule has 4 aromatic rings. The van der Waals surface area contributed by atoms with Crippen molar-refractivity contribution in [3.8, 4) is 34.5 Å². The second-order valence-electron chi connectivity index (χ2n) is 9.69. The highest BCUT2D eigenvalue weighted by molar-refractivity contribution is 7.99. The number of nitrogens with zero attached hydrogens (tertiary/aromatic N) is 2. The second kappa shape index (κ2) is 12.6. The molecule has 0 saturated heterocycles. The van der Waals surface area contributed by atoms with E-state index in [1.165, 1.54) is 18.8 Å². The zero-order valence-corrected chi connectivity index (χ0v) is 24.7. The van der Waals surface area contributed by atoms with E-state index < -0.39 is 0 Å². The summed E-state index contributed by atoms with van der Waals surface area (Å²) in [5.41, 5.74) is 1.34. The Balaban J connectivity index is 1.18. The average Bonchev–Trinajstić information content (AvgIpc) is 3.70. The van der Waals surface area contributed by atoms with Gasteiger partial charge in [0.05, 0.1) is 36.6 Å².